The molecule has 1 N–H and O–H groups in total. The Morgan fingerprint density at radius 3 is 2.24 bits per heavy atom. The van der Waals surface area contributed by atoms with Gasteiger partial charge in [-0.2, -0.15) is 10.3 Å². The topological polar surface area (TPSA) is 105 Å². The van der Waals surface area contributed by atoms with E-state index in [4.69, 9.17) is 9.47 Å². The zero-order valence-electron chi connectivity index (χ0n) is 15.0. The van der Waals surface area contributed by atoms with Crippen molar-refractivity contribution in [2.45, 2.75) is 52.7 Å². The van der Waals surface area contributed by atoms with Crippen molar-refractivity contribution >= 4 is 40.6 Å². The lowest BCUT2D eigenvalue weighted by Crippen LogP contribution is -2.50. The van der Waals surface area contributed by atoms with E-state index in [-0.39, 0.29) is 11.4 Å². The molecule has 0 aliphatic heterocycles. The van der Waals surface area contributed by atoms with Gasteiger partial charge in [0.05, 0.1) is 0 Å². The number of hydrogen-bond donors (Lipinski definition) is 1. The Labute approximate surface area is 160 Å². The van der Waals surface area contributed by atoms with Crippen molar-refractivity contribution in [1.82, 2.24) is 10.4 Å². The lowest BCUT2D eigenvalue weighted by Gasteiger charge is -2.28. The fraction of sp³-hybridized carbons (Fsp3) is 0.500. The number of carbonyl (C=O) groups is 2. The second-order valence-electron chi connectivity index (χ2n) is 7.03. The number of rotatable bonds is 1. The maximum absolute atomic E-state index is 12.5. The van der Waals surface area contributed by atoms with Gasteiger partial charge in [0, 0.05) is 9.77 Å². The van der Waals surface area contributed by atoms with Crippen LogP contribution >= 0.6 is 22.6 Å². The summed E-state index contributed by atoms with van der Waals surface area (Å²) in [4.78, 5) is 28.7. The molecule has 9 heteroatoms. The summed E-state index contributed by atoms with van der Waals surface area (Å²) in [7, 11) is 0. The Morgan fingerprint density at radius 1 is 1.20 bits per heavy atom. The molecule has 136 valence electrons. The molecule has 1 aromatic rings. The highest BCUT2D eigenvalue weighted by Crippen LogP contribution is 2.23. The van der Waals surface area contributed by atoms with Gasteiger partial charge in [0.1, 0.15) is 22.8 Å². The van der Waals surface area contributed by atoms with Crippen molar-refractivity contribution in [3.05, 3.63) is 21.4 Å². The van der Waals surface area contributed by atoms with Gasteiger partial charge in [-0.15, -0.1) is 0 Å². The molecular formula is C16H21IN4O4. The summed E-state index contributed by atoms with van der Waals surface area (Å²) in [5.41, 5.74) is 0.855. The Hall–Kier alpha value is -2.09. The highest BCUT2D eigenvalue weighted by Gasteiger charge is 2.30. The Balaban J connectivity index is 3.25. The van der Waals surface area contributed by atoms with Crippen LogP contribution in [0.5, 0.6) is 0 Å². The third-order valence-electron chi connectivity index (χ3n) is 2.38. The van der Waals surface area contributed by atoms with E-state index in [2.05, 4.69) is 10.4 Å². The first-order valence-corrected chi connectivity index (χ1v) is 8.49. The Morgan fingerprint density at radius 2 is 1.76 bits per heavy atom. The van der Waals surface area contributed by atoms with Gasteiger partial charge in [-0.25, -0.2) is 20.0 Å². The van der Waals surface area contributed by atoms with E-state index in [0.717, 1.165) is 5.01 Å². The van der Waals surface area contributed by atoms with E-state index in [1.165, 1.54) is 6.20 Å². The fourth-order valence-electron chi connectivity index (χ4n) is 1.59. The van der Waals surface area contributed by atoms with Gasteiger partial charge in [-0.3, -0.25) is 0 Å². The summed E-state index contributed by atoms with van der Waals surface area (Å²) >= 11 is 1.94. The summed E-state index contributed by atoms with van der Waals surface area (Å²) in [6, 6.07) is 3.59. The van der Waals surface area contributed by atoms with Crippen LogP contribution in [0.15, 0.2) is 12.3 Å². The van der Waals surface area contributed by atoms with Crippen LogP contribution < -0.4 is 10.4 Å². The van der Waals surface area contributed by atoms with E-state index in [1.54, 1.807) is 47.6 Å². The number of ether oxygens (including phenoxy) is 2. The number of halogens is 1. The lowest BCUT2D eigenvalue weighted by atomic mass is 10.2. The second kappa shape index (κ2) is 7.86. The zero-order valence-corrected chi connectivity index (χ0v) is 17.2. The van der Waals surface area contributed by atoms with E-state index in [0.29, 0.717) is 3.57 Å². The molecule has 0 fully saturated rings. The molecule has 0 aromatic carbocycles. The molecule has 0 aliphatic carbocycles. The standard InChI is InChI=1S/C16H21IN4O4/c1-15(2,3)24-13(22)20-21(14(23)25-16(4,5)6)12-10(9-18)11(17)7-8-19-12/h7-8H,1-6H3,(H,20,22). The third-order valence-corrected chi connectivity index (χ3v) is 3.28. The van der Waals surface area contributed by atoms with Crippen molar-refractivity contribution in [2.75, 3.05) is 5.01 Å². The van der Waals surface area contributed by atoms with Crippen LogP contribution in [0.4, 0.5) is 15.4 Å². The van der Waals surface area contributed by atoms with Crippen molar-refractivity contribution in [3.8, 4) is 6.07 Å². The quantitative estimate of drug-likeness (QED) is 0.506. The van der Waals surface area contributed by atoms with E-state index in [1.807, 2.05) is 28.7 Å². The van der Waals surface area contributed by atoms with Gasteiger partial charge in [-0.05, 0) is 70.2 Å². The molecule has 0 atom stereocenters. The molecule has 0 unspecified atom stereocenters. The number of nitriles is 1. The van der Waals surface area contributed by atoms with Crippen molar-refractivity contribution in [1.29, 1.82) is 5.26 Å². The molecule has 0 saturated carbocycles. The monoisotopic (exact) mass is 460 g/mol. The number of aromatic nitrogens is 1. The summed E-state index contributed by atoms with van der Waals surface area (Å²) in [6.07, 6.45) is -0.334. The number of nitrogens with one attached hydrogen (secondary N) is 1. The molecule has 0 aliphatic rings. The van der Waals surface area contributed by atoms with Crippen LogP contribution in [-0.4, -0.2) is 28.4 Å². The largest absolute Gasteiger partial charge is 0.443 e. The zero-order chi connectivity index (χ0) is 19.4. The van der Waals surface area contributed by atoms with E-state index in [9.17, 15) is 14.9 Å². The molecule has 2 amide bonds. The Kier molecular flexibility index (Phi) is 6.59. The molecule has 25 heavy (non-hydrogen) atoms. The molecule has 0 spiro atoms. The SMILES string of the molecule is CC(C)(C)OC(=O)NN(C(=O)OC(C)(C)C)c1nccc(I)c1C#N. The molecule has 1 rings (SSSR count). The molecule has 0 bridgehead atoms. The number of nitrogens with zero attached hydrogens (tertiary/aromatic N) is 3. The minimum Gasteiger partial charge on any atom is -0.443 e. The number of hydrazine groups is 1. The molecular weight excluding hydrogens is 439 g/mol. The maximum atomic E-state index is 12.5. The molecule has 0 radical (unpaired) electrons. The van der Waals surface area contributed by atoms with Crippen LogP contribution in [0.25, 0.3) is 0 Å². The summed E-state index contributed by atoms with van der Waals surface area (Å²) in [5.74, 6) is -0.0468. The van der Waals surface area contributed by atoms with Crippen LogP contribution in [0.2, 0.25) is 0 Å². The predicted octanol–water partition coefficient (Wildman–Crippen LogP) is 3.74. The van der Waals surface area contributed by atoms with Crippen LogP contribution in [0, 0.1) is 14.9 Å². The molecule has 0 saturated heterocycles. The molecule has 8 nitrogen and oxygen atoms in total. The average molecular weight is 460 g/mol. The molecule has 1 aromatic heterocycles. The van der Waals surface area contributed by atoms with E-state index < -0.39 is 23.4 Å². The minimum absolute atomic E-state index is 0.0468. The summed E-state index contributed by atoms with van der Waals surface area (Å²) < 4.78 is 11.0. The maximum Gasteiger partial charge on any atom is 0.435 e. The van der Waals surface area contributed by atoms with Crippen LogP contribution in [0.3, 0.4) is 0 Å². The third kappa shape index (κ3) is 6.74. The van der Waals surface area contributed by atoms with Crippen molar-refractivity contribution in [2.24, 2.45) is 0 Å². The summed E-state index contributed by atoms with van der Waals surface area (Å²) in [6.45, 7) is 10.1. The number of pyridine rings is 1. The first kappa shape index (κ1) is 21.0. The van der Waals surface area contributed by atoms with Crippen molar-refractivity contribution in [3.63, 3.8) is 0 Å². The van der Waals surface area contributed by atoms with Gasteiger partial charge in [0.25, 0.3) is 0 Å². The number of hydrogen-bond acceptors (Lipinski definition) is 6. The lowest BCUT2D eigenvalue weighted by molar-refractivity contribution is 0.0424. The van der Waals surface area contributed by atoms with Crippen LogP contribution in [-0.2, 0) is 9.47 Å². The van der Waals surface area contributed by atoms with Gasteiger partial charge in [0.2, 0.25) is 0 Å². The highest BCUT2D eigenvalue weighted by molar-refractivity contribution is 14.1. The number of amides is 2. The van der Waals surface area contributed by atoms with Gasteiger partial charge >= 0.3 is 12.2 Å². The van der Waals surface area contributed by atoms with Gasteiger partial charge in [-0.1, -0.05) is 0 Å². The predicted molar refractivity (Wildman–Crippen MR) is 99.8 cm³/mol. The van der Waals surface area contributed by atoms with Gasteiger partial charge < -0.3 is 9.47 Å². The van der Waals surface area contributed by atoms with E-state index >= 15 is 0 Å². The Bertz CT molecular complexity index is 702. The minimum atomic E-state index is -0.885. The first-order valence-electron chi connectivity index (χ1n) is 7.41. The average Bonchev–Trinajstić information content (AvgIpc) is 2.40. The van der Waals surface area contributed by atoms with Gasteiger partial charge in [0.15, 0.2) is 5.82 Å². The number of anilines is 1. The number of carbonyl (C=O) groups excluding carboxylic acids is 2. The van der Waals surface area contributed by atoms with Crippen LogP contribution in [0.1, 0.15) is 47.1 Å². The first-order chi connectivity index (χ1) is 11.3. The smallest absolute Gasteiger partial charge is 0.435 e. The van der Waals surface area contributed by atoms with Crippen molar-refractivity contribution < 1.29 is 19.1 Å². The highest BCUT2D eigenvalue weighted by atomic mass is 127. The molecule has 1 heterocycles. The summed E-state index contributed by atoms with van der Waals surface area (Å²) in [5, 5.41) is 10.1. The normalized spacial score (nSPS) is 11.3. The second-order valence-corrected chi connectivity index (χ2v) is 8.19. The fourth-order valence-corrected chi connectivity index (χ4v) is 2.11.